The van der Waals surface area contributed by atoms with Crippen LogP contribution in [0.25, 0.3) is 0 Å². The zero-order valence-corrected chi connectivity index (χ0v) is 16.9. The van der Waals surface area contributed by atoms with Crippen molar-refractivity contribution in [2.45, 2.75) is 50.6 Å². The van der Waals surface area contributed by atoms with Crippen LogP contribution in [0, 0.1) is 0 Å². The van der Waals surface area contributed by atoms with E-state index in [9.17, 15) is 23.8 Å². The Labute approximate surface area is 170 Å². The van der Waals surface area contributed by atoms with Crippen LogP contribution in [0.1, 0.15) is 49.4 Å². The number of benzene rings is 1. The highest BCUT2D eigenvalue weighted by Crippen LogP contribution is 2.31. The van der Waals surface area contributed by atoms with Gasteiger partial charge in [0.2, 0.25) is 0 Å². The molecule has 0 bridgehead atoms. The Morgan fingerprint density at radius 1 is 1.14 bits per heavy atom. The summed E-state index contributed by atoms with van der Waals surface area (Å²) in [7, 11) is 0. The van der Waals surface area contributed by atoms with E-state index >= 15 is 0 Å². The van der Waals surface area contributed by atoms with Gasteiger partial charge in [-0.2, -0.15) is 0 Å². The second-order valence-corrected chi connectivity index (χ2v) is 8.12. The van der Waals surface area contributed by atoms with Crippen LogP contribution in [0.3, 0.4) is 0 Å². The molecule has 0 aliphatic carbocycles. The van der Waals surface area contributed by atoms with E-state index in [-0.39, 0.29) is 43.3 Å². The summed E-state index contributed by atoms with van der Waals surface area (Å²) >= 11 is 0. The first-order valence-corrected chi connectivity index (χ1v) is 10.3. The van der Waals surface area contributed by atoms with Crippen LogP contribution in [-0.2, 0) is 0 Å². The molecule has 2 saturated heterocycles. The summed E-state index contributed by atoms with van der Waals surface area (Å²) in [5, 5.41) is 20.9. The SMILES string of the molecule is CCOc1cc(C(=O)N2CCC[C@@](O)(CN3CCC(F)(F)CC3)CC2)ccc1O. The van der Waals surface area contributed by atoms with Gasteiger partial charge in [0.15, 0.2) is 11.5 Å². The summed E-state index contributed by atoms with van der Waals surface area (Å²) < 4.78 is 32.1. The Kier molecular flexibility index (Phi) is 6.63. The maximum Gasteiger partial charge on any atom is 0.253 e. The van der Waals surface area contributed by atoms with Gasteiger partial charge in [-0.05, 0) is 44.4 Å². The summed E-state index contributed by atoms with van der Waals surface area (Å²) in [4.78, 5) is 16.5. The average molecular weight is 412 g/mol. The van der Waals surface area contributed by atoms with E-state index in [0.29, 0.717) is 51.1 Å². The fraction of sp³-hybridized carbons (Fsp3) is 0.667. The smallest absolute Gasteiger partial charge is 0.253 e. The third-order valence-electron chi connectivity index (χ3n) is 5.82. The molecule has 2 fully saturated rings. The van der Waals surface area contributed by atoms with E-state index in [2.05, 4.69) is 0 Å². The van der Waals surface area contributed by atoms with Gasteiger partial charge in [0.1, 0.15) is 0 Å². The first kappa shape index (κ1) is 21.8. The third-order valence-corrected chi connectivity index (χ3v) is 5.82. The van der Waals surface area contributed by atoms with Crippen molar-refractivity contribution >= 4 is 5.91 Å². The van der Waals surface area contributed by atoms with E-state index < -0.39 is 11.5 Å². The molecule has 0 unspecified atom stereocenters. The fourth-order valence-electron chi connectivity index (χ4n) is 4.10. The minimum absolute atomic E-state index is 0.0132. The lowest BCUT2D eigenvalue weighted by molar-refractivity contribution is -0.0768. The summed E-state index contributed by atoms with van der Waals surface area (Å²) in [6.07, 6.45) is 1.24. The number of phenolic OH excluding ortho intramolecular Hbond substituents is 1. The van der Waals surface area contributed by atoms with Gasteiger partial charge in [-0.25, -0.2) is 8.78 Å². The summed E-state index contributed by atoms with van der Waals surface area (Å²) in [6.45, 7) is 4.02. The topological polar surface area (TPSA) is 73.2 Å². The average Bonchev–Trinajstić information content (AvgIpc) is 2.87. The highest BCUT2D eigenvalue weighted by Gasteiger charge is 2.38. The molecule has 0 saturated carbocycles. The first-order valence-electron chi connectivity index (χ1n) is 10.3. The lowest BCUT2D eigenvalue weighted by Crippen LogP contribution is -2.48. The van der Waals surface area contributed by atoms with Crippen molar-refractivity contribution in [1.29, 1.82) is 0 Å². The predicted octanol–water partition coefficient (Wildman–Crippen LogP) is 2.88. The Morgan fingerprint density at radius 3 is 2.55 bits per heavy atom. The summed E-state index contributed by atoms with van der Waals surface area (Å²) in [6, 6.07) is 4.54. The number of nitrogens with zero attached hydrogens (tertiary/aromatic N) is 2. The summed E-state index contributed by atoms with van der Waals surface area (Å²) in [5.41, 5.74) is -0.553. The van der Waals surface area contributed by atoms with Gasteiger partial charge in [-0.15, -0.1) is 0 Å². The number of piperidine rings is 1. The molecule has 3 rings (SSSR count). The minimum Gasteiger partial charge on any atom is -0.504 e. The number of alkyl halides is 2. The van der Waals surface area contributed by atoms with Crippen molar-refractivity contribution in [3.05, 3.63) is 23.8 Å². The third kappa shape index (κ3) is 5.57. The molecule has 2 N–H and O–H groups in total. The van der Waals surface area contributed by atoms with Gasteiger partial charge in [0, 0.05) is 51.1 Å². The Morgan fingerprint density at radius 2 is 1.86 bits per heavy atom. The number of carbonyl (C=O) groups is 1. The number of aromatic hydroxyl groups is 1. The minimum atomic E-state index is -2.60. The number of amides is 1. The number of ether oxygens (including phenoxy) is 1. The van der Waals surface area contributed by atoms with E-state index in [4.69, 9.17) is 4.74 Å². The number of halogens is 2. The van der Waals surface area contributed by atoms with Crippen LogP contribution >= 0.6 is 0 Å². The van der Waals surface area contributed by atoms with Crippen LogP contribution in [0.15, 0.2) is 18.2 Å². The maximum absolute atomic E-state index is 13.4. The van der Waals surface area contributed by atoms with Gasteiger partial charge < -0.3 is 24.7 Å². The number of phenols is 1. The molecule has 1 aromatic carbocycles. The lowest BCUT2D eigenvalue weighted by Gasteiger charge is -2.37. The van der Waals surface area contributed by atoms with Crippen molar-refractivity contribution < 1.29 is 28.5 Å². The molecule has 6 nitrogen and oxygen atoms in total. The van der Waals surface area contributed by atoms with Crippen molar-refractivity contribution in [1.82, 2.24) is 9.80 Å². The largest absolute Gasteiger partial charge is 0.504 e. The number of hydrogen-bond acceptors (Lipinski definition) is 5. The molecule has 162 valence electrons. The van der Waals surface area contributed by atoms with Crippen molar-refractivity contribution in [2.75, 3.05) is 39.3 Å². The number of rotatable bonds is 5. The van der Waals surface area contributed by atoms with E-state index in [1.807, 2.05) is 4.90 Å². The number of carbonyl (C=O) groups excluding carboxylic acids is 1. The second-order valence-electron chi connectivity index (χ2n) is 8.12. The van der Waals surface area contributed by atoms with E-state index in [0.717, 1.165) is 0 Å². The molecule has 1 atom stereocenters. The molecular weight excluding hydrogens is 382 g/mol. The van der Waals surface area contributed by atoms with Gasteiger partial charge in [0.05, 0.1) is 12.2 Å². The van der Waals surface area contributed by atoms with Crippen LogP contribution in [0.5, 0.6) is 11.5 Å². The van der Waals surface area contributed by atoms with Gasteiger partial charge in [0.25, 0.3) is 11.8 Å². The molecule has 1 aromatic rings. The number of β-amino-alcohol motifs (C(OH)–C–C–N with tert-alkyl or cyclic N) is 1. The summed E-state index contributed by atoms with van der Waals surface area (Å²) in [5.74, 6) is -2.52. The molecule has 2 heterocycles. The van der Waals surface area contributed by atoms with Crippen molar-refractivity contribution in [2.24, 2.45) is 0 Å². The highest BCUT2D eigenvalue weighted by atomic mass is 19.3. The molecule has 29 heavy (non-hydrogen) atoms. The number of hydrogen-bond donors (Lipinski definition) is 2. The van der Waals surface area contributed by atoms with Gasteiger partial charge >= 0.3 is 0 Å². The molecule has 2 aliphatic rings. The molecule has 2 aliphatic heterocycles. The van der Waals surface area contributed by atoms with Crippen LogP contribution in [0.4, 0.5) is 8.78 Å². The highest BCUT2D eigenvalue weighted by molar-refractivity contribution is 5.95. The van der Waals surface area contributed by atoms with Crippen molar-refractivity contribution in [3.8, 4) is 11.5 Å². The Hall–Kier alpha value is -1.93. The van der Waals surface area contributed by atoms with E-state index in [1.165, 1.54) is 12.1 Å². The molecule has 0 radical (unpaired) electrons. The molecular formula is C21H30F2N2O4. The quantitative estimate of drug-likeness (QED) is 0.778. The van der Waals surface area contributed by atoms with Crippen molar-refractivity contribution in [3.63, 3.8) is 0 Å². The first-order chi connectivity index (χ1) is 13.7. The second kappa shape index (κ2) is 8.83. The Bertz CT molecular complexity index is 721. The van der Waals surface area contributed by atoms with E-state index in [1.54, 1.807) is 17.9 Å². The molecule has 0 aromatic heterocycles. The number of aliphatic hydroxyl groups is 1. The van der Waals surface area contributed by atoms with Crippen LogP contribution in [-0.4, -0.2) is 76.8 Å². The zero-order valence-electron chi connectivity index (χ0n) is 16.9. The standard InChI is InChI=1S/C21H30F2N2O4/c1-2-29-18-14-16(4-5-17(18)26)19(27)25-10-3-6-20(28,7-13-25)15-24-11-8-21(22,23)9-12-24/h4-5,14,26,28H,2-3,6-13,15H2,1H3/t20-/m0/s1. The van der Waals surface area contributed by atoms with Gasteiger partial charge in [-0.3, -0.25) is 4.79 Å². The maximum atomic E-state index is 13.4. The monoisotopic (exact) mass is 412 g/mol. The van der Waals surface area contributed by atoms with Gasteiger partial charge in [-0.1, -0.05) is 0 Å². The normalized spacial score (nSPS) is 25.4. The predicted molar refractivity (Wildman–Crippen MR) is 105 cm³/mol. The molecule has 0 spiro atoms. The fourth-order valence-corrected chi connectivity index (χ4v) is 4.10. The van der Waals surface area contributed by atoms with Crippen LogP contribution in [0.2, 0.25) is 0 Å². The Balaban J connectivity index is 1.60. The zero-order chi connectivity index (χ0) is 21.1. The lowest BCUT2D eigenvalue weighted by atomic mass is 9.93. The van der Waals surface area contributed by atoms with Crippen LogP contribution < -0.4 is 4.74 Å². The molecule has 1 amide bonds. The number of likely N-dealkylation sites (tertiary alicyclic amines) is 2. The molecule has 8 heteroatoms.